The molecule has 0 spiro atoms. The van der Waals surface area contributed by atoms with Crippen LogP contribution in [0.3, 0.4) is 0 Å². The molecule has 0 aromatic heterocycles. The van der Waals surface area contributed by atoms with E-state index in [1.165, 1.54) is 0 Å². The van der Waals surface area contributed by atoms with E-state index >= 15 is 0 Å². The highest BCUT2D eigenvalue weighted by Gasteiger charge is 2.14. The zero-order valence-corrected chi connectivity index (χ0v) is 14.1. The van der Waals surface area contributed by atoms with Gasteiger partial charge >= 0.3 is 0 Å². The number of halogens is 2. The van der Waals surface area contributed by atoms with Crippen molar-refractivity contribution in [1.82, 2.24) is 5.32 Å². The van der Waals surface area contributed by atoms with Gasteiger partial charge in [-0.2, -0.15) is 0 Å². The van der Waals surface area contributed by atoms with Crippen molar-refractivity contribution in [2.24, 2.45) is 11.7 Å². The molecule has 3 N–H and O–H groups in total. The lowest BCUT2D eigenvalue weighted by molar-refractivity contribution is -0.124. The number of ether oxygens (including phenoxy) is 1. The first-order valence-electron chi connectivity index (χ1n) is 6.95. The third-order valence-electron chi connectivity index (χ3n) is 3.24. The molecular weight excluding hydrogens is 311 g/mol. The smallest absolute Gasteiger partial charge is 0.258 e. The van der Waals surface area contributed by atoms with Gasteiger partial charge in [0, 0.05) is 11.1 Å². The van der Waals surface area contributed by atoms with E-state index in [4.69, 9.17) is 33.7 Å². The Hall–Kier alpha value is -0.970. The Bertz CT molecular complexity index is 493. The van der Waals surface area contributed by atoms with Crippen LogP contribution in [0.4, 0.5) is 0 Å². The van der Waals surface area contributed by atoms with E-state index in [-0.39, 0.29) is 18.6 Å². The van der Waals surface area contributed by atoms with Crippen LogP contribution in [0.2, 0.25) is 10.0 Å². The van der Waals surface area contributed by atoms with E-state index < -0.39 is 0 Å². The number of nitrogens with two attached hydrogens (primary N) is 1. The topological polar surface area (TPSA) is 64.3 Å². The number of nitrogens with one attached hydrogen (secondary N) is 1. The van der Waals surface area contributed by atoms with Crippen LogP contribution in [0.25, 0.3) is 0 Å². The predicted octanol–water partition coefficient (Wildman–Crippen LogP) is 3.03. The van der Waals surface area contributed by atoms with Gasteiger partial charge in [-0.1, -0.05) is 37.0 Å². The summed E-state index contributed by atoms with van der Waals surface area (Å²) < 4.78 is 5.56. The van der Waals surface area contributed by atoms with Crippen LogP contribution < -0.4 is 15.8 Å². The summed E-state index contributed by atoms with van der Waals surface area (Å²) in [5, 5.41) is 3.78. The molecule has 1 rings (SSSR count). The monoisotopic (exact) mass is 332 g/mol. The fraction of sp³-hybridized carbons (Fsp3) is 0.533. The maximum Gasteiger partial charge on any atom is 0.258 e. The summed E-state index contributed by atoms with van der Waals surface area (Å²) in [6.07, 6.45) is 0.583. The van der Waals surface area contributed by atoms with Crippen LogP contribution in [-0.4, -0.2) is 25.1 Å². The largest absolute Gasteiger partial charge is 0.482 e. The number of hydrogen-bond acceptors (Lipinski definition) is 3. The van der Waals surface area contributed by atoms with Crippen LogP contribution in [0, 0.1) is 5.92 Å². The molecule has 6 heteroatoms. The number of rotatable bonds is 7. The van der Waals surface area contributed by atoms with Gasteiger partial charge in [0.05, 0.1) is 5.02 Å². The summed E-state index contributed by atoms with van der Waals surface area (Å²) >= 11 is 12.1. The molecule has 0 saturated carbocycles. The highest BCUT2D eigenvalue weighted by Crippen LogP contribution is 2.32. The fourth-order valence-electron chi connectivity index (χ4n) is 1.72. The third kappa shape index (κ3) is 5.73. The second-order valence-electron chi connectivity index (χ2n) is 5.30. The van der Waals surface area contributed by atoms with Gasteiger partial charge in [0.25, 0.3) is 5.91 Å². The summed E-state index contributed by atoms with van der Waals surface area (Å²) in [6.45, 7) is 6.40. The van der Waals surface area contributed by atoms with Crippen molar-refractivity contribution in [3.05, 3.63) is 27.7 Å². The van der Waals surface area contributed by atoms with Crippen LogP contribution >= 0.6 is 23.2 Å². The van der Waals surface area contributed by atoms with Crippen molar-refractivity contribution in [3.63, 3.8) is 0 Å². The Balaban J connectivity index is 2.72. The van der Waals surface area contributed by atoms with Crippen LogP contribution in [0.1, 0.15) is 26.3 Å². The molecule has 0 aliphatic rings. The number of carbonyl (C=O) groups is 1. The van der Waals surface area contributed by atoms with Gasteiger partial charge in [0.15, 0.2) is 6.61 Å². The number of benzene rings is 1. The Labute approximate surface area is 135 Å². The minimum atomic E-state index is -0.180. The highest BCUT2D eigenvalue weighted by molar-refractivity contribution is 6.35. The minimum Gasteiger partial charge on any atom is -0.482 e. The van der Waals surface area contributed by atoms with Crippen LogP contribution in [0.15, 0.2) is 12.1 Å². The Morgan fingerprint density at radius 1 is 1.33 bits per heavy atom. The van der Waals surface area contributed by atoms with Crippen molar-refractivity contribution in [3.8, 4) is 5.75 Å². The van der Waals surface area contributed by atoms with E-state index in [9.17, 15) is 4.79 Å². The molecule has 0 saturated heterocycles. The van der Waals surface area contributed by atoms with E-state index in [1.807, 2.05) is 20.8 Å². The first-order chi connectivity index (χ1) is 9.85. The Kier molecular flexibility index (Phi) is 7.29. The molecule has 0 aliphatic carbocycles. The zero-order valence-electron chi connectivity index (χ0n) is 12.6. The van der Waals surface area contributed by atoms with Crippen molar-refractivity contribution >= 4 is 29.1 Å². The second-order valence-corrected chi connectivity index (χ2v) is 6.15. The summed E-state index contributed by atoms with van der Waals surface area (Å²) in [6, 6.07) is 3.43. The third-order valence-corrected chi connectivity index (χ3v) is 3.73. The van der Waals surface area contributed by atoms with E-state index in [0.29, 0.717) is 34.7 Å². The maximum absolute atomic E-state index is 11.8. The SMILES string of the molecule is CC(C)C(C)NC(=O)COc1c(Cl)cc(Cl)cc1CCN. The molecule has 4 nitrogen and oxygen atoms in total. The van der Waals surface area contributed by atoms with E-state index in [1.54, 1.807) is 12.1 Å². The Morgan fingerprint density at radius 3 is 2.57 bits per heavy atom. The molecule has 1 aromatic rings. The van der Waals surface area contributed by atoms with Crippen LogP contribution in [-0.2, 0) is 11.2 Å². The fourth-order valence-corrected chi connectivity index (χ4v) is 2.31. The summed E-state index contributed by atoms with van der Waals surface area (Å²) in [4.78, 5) is 11.8. The van der Waals surface area contributed by atoms with Crippen molar-refractivity contribution in [2.75, 3.05) is 13.2 Å². The quantitative estimate of drug-likeness (QED) is 0.806. The van der Waals surface area contributed by atoms with Gasteiger partial charge in [-0.15, -0.1) is 0 Å². The molecule has 0 radical (unpaired) electrons. The predicted molar refractivity (Wildman–Crippen MR) is 87.2 cm³/mol. The number of hydrogen-bond donors (Lipinski definition) is 2. The minimum absolute atomic E-state index is 0.0873. The summed E-state index contributed by atoms with van der Waals surface area (Å²) in [7, 11) is 0. The van der Waals surface area contributed by atoms with Gasteiger partial charge in [-0.25, -0.2) is 0 Å². The molecule has 0 bridgehead atoms. The van der Waals surface area contributed by atoms with Crippen molar-refractivity contribution in [2.45, 2.75) is 33.2 Å². The van der Waals surface area contributed by atoms with Crippen LogP contribution in [0.5, 0.6) is 5.75 Å². The summed E-state index contributed by atoms with van der Waals surface area (Å²) in [5.74, 6) is 0.653. The molecule has 1 atom stereocenters. The average molecular weight is 333 g/mol. The van der Waals surface area contributed by atoms with E-state index in [2.05, 4.69) is 5.32 Å². The summed E-state index contributed by atoms with van der Waals surface area (Å²) in [5.41, 5.74) is 6.37. The van der Waals surface area contributed by atoms with Gasteiger partial charge in [0.1, 0.15) is 5.75 Å². The second kappa shape index (κ2) is 8.47. The van der Waals surface area contributed by atoms with E-state index in [0.717, 1.165) is 5.56 Å². The number of amides is 1. The average Bonchev–Trinajstić information content (AvgIpc) is 2.37. The lowest BCUT2D eigenvalue weighted by Crippen LogP contribution is -2.39. The van der Waals surface area contributed by atoms with Gasteiger partial charge < -0.3 is 15.8 Å². The molecular formula is C15H22Cl2N2O2. The molecule has 21 heavy (non-hydrogen) atoms. The maximum atomic E-state index is 11.8. The van der Waals surface area contributed by atoms with Crippen molar-refractivity contribution in [1.29, 1.82) is 0 Å². The van der Waals surface area contributed by atoms with Gasteiger partial charge in [-0.05, 0) is 43.5 Å². The molecule has 0 aliphatic heterocycles. The molecule has 1 aromatic carbocycles. The molecule has 118 valence electrons. The standard InChI is InChI=1S/C15H22Cl2N2O2/c1-9(2)10(3)19-14(20)8-21-15-11(4-5-18)6-12(16)7-13(15)17/h6-7,9-10H,4-5,8,18H2,1-3H3,(H,19,20). The molecule has 1 unspecified atom stereocenters. The molecule has 1 amide bonds. The molecule has 0 heterocycles. The normalized spacial score (nSPS) is 12.3. The van der Waals surface area contributed by atoms with Gasteiger partial charge in [-0.3, -0.25) is 4.79 Å². The lowest BCUT2D eigenvalue weighted by Gasteiger charge is -2.18. The zero-order chi connectivity index (χ0) is 16.0. The molecule has 0 fully saturated rings. The first-order valence-corrected chi connectivity index (χ1v) is 7.70. The first kappa shape index (κ1) is 18.1. The number of carbonyl (C=O) groups excluding carboxylic acids is 1. The Morgan fingerprint density at radius 2 is 2.00 bits per heavy atom. The lowest BCUT2D eigenvalue weighted by atomic mass is 10.1. The highest BCUT2D eigenvalue weighted by atomic mass is 35.5. The van der Waals surface area contributed by atoms with Gasteiger partial charge in [0.2, 0.25) is 0 Å². The van der Waals surface area contributed by atoms with Crippen molar-refractivity contribution < 1.29 is 9.53 Å².